The molecule has 1 atom stereocenters. The molecule has 1 heterocycles. The summed E-state index contributed by atoms with van der Waals surface area (Å²) in [6, 6.07) is 6.06. The average Bonchev–Trinajstić information content (AvgIpc) is 2.89. The van der Waals surface area contributed by atoms with Gasteiger partial charge in [-0.15, -0.1) is 0 Å². The monoisotopic (exact) mass is 313 g/mol. The van der Waals surface area contributed by atoms with Gasteiger partial charge in [0.1, 0.15) is 5.75 Å². The van der Waals surface area contributed by atoms with Gasteiger partial charge < -0.3 is 14.8 Å². The maximum Gasteiger partial charge on any atom is 0.119 e. The number of benzene rings is 1. The molecule has 4 heteroatoms. The summed E-state index contributed by atoms with van der Waals surface area (Å²) >= 11 is 3.56. The highest BCUT2D eigenvalue weighted by Crippen LogP contribution is 2.22. The lowest BCUT2D eigenvalue weighted by Gasteiger charge is -2.10. The first-order valence-corrected chi connectivity index (χ1v) is 7.20. The van der Waals surface area contributed by atoms with Gasteiger partial charge in [-0.2, -0.15) is 0 Å². The maximum atomic E-state index is 5.37. The minimum atomic E-state index is 0.742. The van der Waals surface area contributed by atoms with Crippen LogP contribution in [0, 0.1) is 5.92 Å². The minimum absolute atomic E-state index is 0.742. The van der Waals surface area contributed by atoms with Gasteiger partial charge in [0.05, 0.1) is 7.11 Å². The molecule has 0 saturated carbocycles. The van der Waals surface area contributed by atoms with E-state index in [1.54, 1.807) is 7.11 Å². The maximum absolute atomic E-state index is 5.37. The fourth-order valence-corrected chi connectivity index (χ4v) is 2.54. The molecule has 1 aromatic rings. The Hall–Kier alpha value is -0.580. The number of ether oxygens (including phenoxy) is 2. The molecule has 1 saturated heterocycles. The fourth-order valence-electron chi connectivity index (χ4n) is 2.15. The molecule has 1 aliphatic rings. The van der Waals surface area contributed by atoms with E-state index in [4.69, 9.17) is 9.47 Å². The fraction of sp³-hybridized carbons (Fsp3) is 0.571. The van der Waals surface area contributed by atoms with Gasteiger partial charge in [-0.1, -0.05) is 15.9 Å². The van der Waals surface area contributed by atoms with Gasteiger partial charge in [-0.3, -0.25) is 0 Å². The van der Waals surface area contributed by atoms with Crippen molar-refractivity contribution in [3.8, 4) is 5.75 Å². The van der Waals surface area contributed by atoms with Crippen molar-refractivity contribution in [2.75, 3.05) is 26.9 Å². The molecule has 0 radical (unpaired) electrons. The van der Waals surface area contributed by atoms with Crippen LogP contribution in [0.1, 0.15) is 18.4 Å². The van der Waals surface area contributed by atoms with Crippen molar-refractivity contribution >= 4 is 15.9 Å². The molecule has 1 fully saturated rings. The Morgan fingerprint density at radius 2 is 2.39 bits per heavy atom. The second-order valence-electron chi connectivity index (χ2n) is 4.65. The molecule has 0 aromatic heterocycles. The lowest BCUT2D eigenvalue weighted by molar-refractivity contribution is 0.184. The van der Waals surface area contributed by atoms with Gasteiger partial charge in [0, 0.05) is 24.2 Å². The summed E-state index contributed by atoms with van der Waals surface area (Å²) < 4.78 is 11.7. The van der Waals surface area contributed by atoms with Crippen molar-refractivity contribution < 1.29 is 9.47 Å². The quantitative estimate of drug-likeness (QED) is 0.819. The molecular formula is C14H20BrNO2. The Labute approximate surface area is 117 Å². The zero-order valence-corrected chi connectivity index (χ0v) is 12.3. The molecule has 0 aliphatic carbocycles. The Morgan fingerprint density at radius 1 is 1.50 bits per heavy atom. The lowest BCUT2D eigenvalue weighted by Crippen LogP contribution is -2.18. The van der Waals surface area contributed by atoms with Gasteiger partial charge in [-0.05, 0) is 49.1 Å². The van der Waals surface area contributed by atoms with E-state index in [1.165, 1.54) is 18.4 Å². The van der Waals surface area contributed by atoms with Crippen LogP contribution in [0.3, 0.4) is 0 Å². The minimum Gasteiger partial charge on any atom is -0.497 e. The molecule has 1 unspecified atom stereocenters. The van der Waals surface area contributed by atoms with Gasteiger partial charge in [0.25, 0.3) is 0 Å². The van der Waals surface area contributed by atoms with Crippen LogP contribution in [0.15, 0.2) is 22.7 Å². The third-order valence-corrected chi connectivity index (χ3v) is 4.10. The number of methoxy groups -OCH3 is 1. The molecule has 18 heavy (non-hydrogen) atoms. The molecule has 1 aromatic carbocycles. The molecule has 100 valence electrons. The highest BCUT2D eigenvalue weighted by Gasteiger charge is 2.14. The van der Waals surface area contributed by atoms with Gasteiger partial charge >= 0.3 is 0 Å². The highest BCUT2D eigenvalue weighted by molar-refractivity contribution is 9.10. The van der Waals surface area contributed by atoms with Crippen LogP contribution in [-0.4, -0.2) is 26.9 Å². The standard InChI is InChI=1S/C14H20BrNO2/c1-17-13-2-3-14(15)12(8-13)9-16-6-4-11-5-7-18-10-11/h2-3,8,11,16H,4-7,9-10H2,1H3. The predicted molar refractivity (Wildman–Crippen MR) is 75.9 cm³/mol. The van der Waals surface area contributed by atoms with Crippen LogP contribution >= 0.6 is 15.9 Å². The van der Waals surface area contributed by atoms with E-state index in [9.17, 15) is 0 Å². The Morgan fingerprint density at radius 3 is 3.11 bits per heavy atom. The topological polar surface area (TPSA) is 30.5 Å². The van der Waals surface area contributed by atoms with Crippen LogP contribution in [-0.2, 0) is 11.3 Å². The molecule has 0 bridgehead atoms. The van der Waals surface area contributed by atoms with E-state index in [1.807, 2.05) is 12.1 Å². The van der Waals surface area contributed by atoms with E-state index in [0.29, 0.717) is 0 Å². The summed E-state index contributed by atoms with van der Waals surface area (Å²) in [7, 11) is 1.69. The highest BCUT2D eigenvalue weighted by atomic mass is 79.9. The molecule has 1 N–H and O–H groups in total. The normalized spacial score (nSPS) is 19.1. The van der Waals surface area contributed by atoms with E-state index < -0.39 is 0 Å². The largest absolute Gasteiger partial charge is 0.497 e. The Kier molecular flexibility index (Phi) is 5.47. The zero-order chi connectivity index (χ0) is 12.8. The molecule has 1 aliphatic heterocycles. The molecule has 0 spiro atoms. The van der Waals surface area contributed by atoms with Crippen LogP contribution < -0.4 is 10.1 Å². The summed E-state index contributed by atoms with van der Waals surface area (Å²) in [6.07, 6.45) is 2.41. The number of hydrogen-bond acceptors (Lipinski definition) is 3. The summed E-state index contributed by atoms with van der Waals surface area (Å²) in [6.45, 7) is 3.78. The molecular weight excluding hydrogens is 294 g/mol. The first kappa shape index (κ1) is 13.8. The van der Waals surface area contributed by atoms with Crippen LogP contribution in [0.4, 0.5) is 0 Å². The third kappa shape index (κ3) is 3.97. The Bertz CT molecular complexity index is 378. The van der Waals surface area contributed by atoms with Gasteiger partial charge in [0.2, 0.25) is 0 Å². The van der Waals surface area contributed by atoms with Crippen LogP contribution in [0.2, 0.25) is 0 Å². The number of hydrogen-bond donors (Lipinski definition) is 1. The molecule has 0 amide bonds. The average molecular weight is 314 g/mol. The van der Waals surface area contributed by atoms with Crippen LogP contribution in [0.25, 0.3) is 0 Å². The number of halogens is 1. The Balaban J connectivity index is 1.75. The van der Waals surface area contributed by atoms with Crippen molar-refractivity contribution in [1.29, 1.82) is 0 Å². The van der Waals surface area contributed by atoms with Gasteiger partial charge in [0.15, 0.2) is 0 Å². The van der Waals surface area contributed by atoms with E-state index in [2.05, 4.69) is 27.3 Å². The summed E-state index contributed by atoms with van der Waals surface area (Å²) in [5.41, 5.74) is 1.23. The summed E-state index contributed by atoms with van der Waals surface area (Å²) in [4.78, 5) is 0. The summed E-state index contributed by atoms with van der Waals surface area (Å²) in [5.74, 6) is 1.64. The van der Waals surface area contributed by atoms with E-state index in [0.717, 1.165) is 42.4 Å². The first-order valence-electron chi connectivity index (χ1n) is 6.40. The van der Waals surface area contributed by atoms with Crippen molar-refractivity contribution in [3.05, 3.63) is 28.2 Å². The smallest absolute Gasteiger partial charge is 0.119 e. The van der Waals surface area contributed by atoms with Crippen molar-refractivity contribution in [2.45, 2.75) is 19.4 Å². The second-order valence-corrected chi connectivity index (χ2v) is 5.51. The molecule has 3 nitrogen and oxygen atoms in total. The van der Waals surface area contributed by atoms with Gasteiger partial charge in [-0.25, -0.2) is 0 Å². The number of nitrogens with one attached hydrogen (secondary N) is 1. The second kappa shape index (κ2) is 7.12. The van der Waals surface area contributed by atoms with Crippen molar-refractivity contribution in [2.24, 2.45) is 5.92 Å². The van der Waals surface area contributed by atoms with E-state index >= 15 is 0 Å². The third-order valence-electron chi connectivity index (χ3n) is 3.32. The zero-order valence-electron chi connectivity index (χ0n) is 10.7. The first-order chi connectivity index (χ1) is 8.79. The van der Waals surface area contributed by atoms with E-state index in [-0.39, 0.29) is 0 Å². The SMILES string of the molecule is COc1ccc(Br)c(CNCCC2CCOC2)c1. The van der Waals surface area contributed by atoms with Crippen molar-refractivity contribution in [1.82, 2.24) is 5.32 Å². The van der Waals surface area contributed by atoms with Crippen molar-refractivity contribution in [3.63, 3.8) is 0 Å². The lowest BCUT2D eigenvalue weighted by atomic mass is 10.1. The molecule has 2 rings (SSSR count). The number of rotatable bonds is 6. The summed E-state index contributed by atoms with van der Waals surface area (Å²) in [5, 5.41) is 3.48. The predicted octanol–water partition coefficient (Wildman–Crippen LogP) is 2.97. The van der Waals surface area contributed by atoms with Crippen LogP contribution in [0.5, 0.6) is 5.75 Å².